The highest BCUT2D eigenvalue weighted by Gasteiger charge is 2.37. The molecule has 1 aliphatic heterocycles. The number of fused-ring (bicyclic) bond motifs is 1. The number of carbonyl (C=O) groups excluding carboxylic acids is 1. The lowest BCUT2D eigenvalue weighted by atomic mass is 10.0. The van der Waals surface area contributed by atoms with Crippen LogP contribution in [0.4, 0.5) is 27.7 Å². The number of rotatable bonds is 6. The number of nitrogens with zero attached hydrogens (tertiary/aromatic N) is 5. The highest BCUT2D eigenvalue weighted by molar-refractivity contribution is 5.97. The molecule has 3 aromatic rings. The van der Waals surface area contributed by atoms with E-state index in [1.54, 1.807) is 0 Å². The van der Waals surface area contributed by atoms with E-state index < -0.39 is 5.95 Å². The van der Waals surface area contributed by atoms with Gasteiger partial charge in [0.15, 0.2) is 5.82 Å². The van der Waals surface area contributed by atoms with Gasteiger partial charge < -0.3 is 15.5 Å². The standard InChI is InChI=1S/C22H23FN8O/c23-18-7-6-13(11-24-18)25-21(32)17-8-9-31(17)22-26-15-3-1-2-14(15)20(28-22)27-19-10-16(29-30-19)12-4-5-12/h6-7,10-12,17H,1-5,8-9H2,(H,25,32)(H2,26,27,28,29,30)/t17-/m1/s1. The first kappa shape index (κ1) is 19.1. The van der Waals surface area contributed by atoms with Gasteiger partial charge in [-0.3, -0.25) is 9.89 Å². The quantitative estimate of drug-likeness (QED) is 0.511. The Bertz CT molecular complexity index is 1170. The minimum Gasteiger partial charge on any atom is -0.329 e. The third-order valence-corrected chi connectivity index (χ3v) is 6.36. The van der Waals surface area contributed by atoms with Crippen LogP contribution in [0, 0.1) is 5.95 Å². The Labute approximate surface area is 183 Å². The first-order valence-corrected chi connectivity index (χ1v) is 11.1. The van der Waals surface area contributed by atoms with Gasteiger partial charge in [0, 0.05) is 29.8 Å². The molecule has 9 nitrogen and oxygen atoms in total. The summed E-state index contributed by atoms with van der Waals surface area (Å²) in [5.74, 6) is 1.92. The van der Waals surface area contributed by atoms with Crippen LogP contribution in [0.2, 0.25) is 0 Å². The molecule has 0 unspecified atom stereocenters. The van der Waals surface area contributed by atoms with Gasteiger partial charge in [0.2, 0.25) is 17.8 Å². The summed E-state index contributed by atoms with van der Waals surface area (Å²) >= 11 is 0. The van der Waals surface area contributed by atoms with E-state index in [1.165, 1.54) is 31.2 Å². The number of carbonyl (C=O) groups is 1. The normalized spacial score (nSPS) is 19.4. The van der Waals surface area contributed by atoms with Crippen LogP contribution in [0.15, 0.2) is 24.4 Å². The molecule has 3 aromatic heterocycles. The van der Waals surface area contributed by atoms with Gasteiger partial charge >= 0.3 is 0 Å². The number of aromatic nitrogens is 5. The lowest BCUT2D eigenvalue weighted by Crippen LogP contribution is -2.55. The second kappa shape index (κ2) is 7.54. The zero-order chi connectivity index (χ0) is 21.7. The zero-order valence-electron chi connectivity index (χ0n) is 17.4. The summed E-state index contributed by atoms with van der Waals surface area (Å²) in [4.78, 5) is 27.8. The minimum atomic E-state index is -0.582. The molecule has 0 bridgehead atoms. The first-order chi connectivity index (χ1) is 15.6. The van der Waals surface area contributed by atoms with E-state index in [1.807, 2.05) is 4.90 Å². The first-order valence-electron chi connectivity index (χ1n) is 11.1. The maximum atomic E-state index is 13.0. The van der Waals surface area contributed by atoms with Crippen molar-refractivity contribution in [1.29, 1.82) is 0 Å². The lowest BCUT2D eigenvalue weighted by molar-refractivity contribution is -0.118. The highest BCUT2D eigenvalue weighted by atomic mass is 19.1. The molecule has 32 heavy (non-hydrogen) atoms. The number of H-pyrrole nitrogens is 1. The predicted octanol–water partition coefficient (Wildman–Crippen LogP) is 3.06. The summed E-state index contributed by atoms with van der Waals surface area (Å²) in [7, 11) is 0. The zero-order valence-corrected chi connectivity index (χ0v) is 17.4. The van der Waals surface area contributed by atoms with Gasteiger partial charge in [-0.15, -0.1) is 0 Å². The van der Waals surface area contributed by atoms with E-state index in [9.17, 15) is 9.18 Å². The summed E-state index contributed by atoms with van der Waals surface area (Å²) in [6, 6.07) is 4.40. The number of hydrogen-bond acceptors (Lipinski definition) is 7. The van der Waals surface area contributed by atoms with Crippen molar-refractivity contribution >= 4 is 29.2 Å². The SMILES string of the molecule is O=C(Nc1ccc(F)nc1)[C@H]1CCN1c1nc2c(c(Nc3cc(C4CC4)[nH]n3)n1)CCC2. The molecule has 2 aliphatic carbocycles. The molecule has 6 rings (SSSR count). The van der Waals surface area contributed by atoms with E-state index in [4.69, 9.17) is 9.97 Å². The van der Waals surface area contributed by atoms with Crippen LogP contribution in [0.1, 0.15) is 48.6 Å². The smallest absolute Gasteiger partial charge is 0.247 e. The van der Waals surface area contributed by atoms with Crippen LogP contribution in [-0.2, 0) is 17.6 Å². The van der Waals surface area contributed by atoms with Gasteiger partial charge in [0.05, 0.1) is 17.6 Å². The Balaban J connectivity index is 1.22. The largest absolute Gasteiger partial charge is 0.329 e. The summed E-state index contributed by atoms with van der Waals surface area (Å²) in [6.45, 7) is 0.701. The second-order valence-corrected chi connectivity index (χ2v) is 8.62. The number of halogens is 1. The number of amides is 1. The summed E-state index contributed by atoms with van der Waals surface area (Å²) in [5.41, 5.74) is 3.78. The predicted molar refractivity (Wildman–Crippen MR) is 116 cm³/mol. The fourth-order valence-corrected chi connectivity index (χ4v) is 4.35. The van der Waals surface area contributed by atoms with Crippen LogP contribution >= 0.6 is 0 Å². The monoisotopic (exact) mass is 434 g/mol. The fraction of sp³-hybridized carbons (Fsp3) is 0.409. The molecule has 0 radical (unpaired) electrons. The third-order valence-electron chi connectivity index (χ3n) is 6.36. The molecule has 4 heterocycles. The van der Waals surface area contributed by atoms with Crippen molar-refractivity contribution in [3.63, 3.8) is 0 Å². The number of anilines is 4. The van der Waals surface area contributed by atoms with E-state index in [-0.39, 0.29) is 11.9 Å². The number of hydrogen-bond donors (Lipinski definition) is 3. The van der Waals surface area contributed by atoms with Crippen molar-refractivity contribution in [2.45, 2.75) is 50.5 Å². The molecule has 0 spiro atoms. The topological polar surface area (TPSA) is 112 Å². The van der Waals surface area contributed by atoms with Gasteiger partial charge in [0.1, 0.15) is 11.9 Å². The van der Waals surface area contributed by atoms with Crippen molar-refractivity contribution in [2.75, 3.05) is 22.1 Å². The van der Waals surface area contributed by atoms with Crippen LogP contribution in [-0.4, -0.2) is 43.6 Å². The van der Waals surface area contributed by atoms with Gasteiger partial charge in [-0.05, 0) is 50.7 Å². The Hall–Kier alpha value is -3.56. The molecule has 1 saturated carbocycles. The lowest BCUT2D eigenvalue weighted by Gasteiger charge is -2.40. The molecule has 1 atom stereocenters. The molecular weight excluding hydrogens is 411 g/mol. The van der Waals surface area contributed by atoms with Crippen molar-refractivity contribution in [3.05, 3.63) is 47.3 Å². The average molecular weight is 434 g/mol. The number of nitrogens with one attached hydrogen (secondary N) is 3. The Morgan fingerprint density at radius 3 is 2.84 bits per heavy atom. The van der Waals surface area contributed by atoms with Crippen molar-refractivity contribution in [3.8, 4) is 0 Å². The van der Waals surface area contributed by atoms with Crippen LogP contribution in [0.25, 0.3) is 0 Å². The Morgan fingerprint density at radius 1 is 1.19 bits per heavy atom. The molecule has 10 heteroatoms. The van der Waals surface area contributed by atoms with Gasteiger partial charge in [0.25, 0.3) is 0 Å². The number of pyridine rings is 1. The second-order valence-electron chi connectivity index (χ2n) is 8.62. The van der Waals surface area contributed by atoms with Gasteiger partial charge in [-0.25, -0.2) is 9.97 Å². The van der Waals surface area contributed by atoms with Crippen LogP contribution in [0.5, 0.6) is 0 Å². The van der Waals surface area contributed by atoms with E-state index in [2.05, 4.69) is 31.9 Å². The fourth-order valence-electron chi connectivity index (χ4n) is 4.35. The third kappa shape index (κ3) is 3.55. The molecule has 1 saturated heterocycles. The summed E-state index contributed by atoms with van der Waals surface area (Å²) in [5, 5.41) is 13.7. The van der Waals surface area contributed by atoms with Gasteiger partial charge in [-0.2, -0.15) is 14.5 Å². The van der Waals surface area contributed by atoms with E-state index >= 15 is 0 Å². The van der Waals surface area contributed by atoms with E-state index in [0.29, 0.717) is 30.5 Å². The van der Waals surface area contributed by atoms with Crippen molar-refractivity contribution in [2.24, 2.45) is 0 Å². The summed E-state index contributed by atoms with van der Waals surface area (Å²) < 4.78 is 13.0. The maximum absolute atomic E-state index is 13.0. The molecule has 3 aliphatic rings. The molecule has 2 fully saturated rings. The maximum Gasteiger partial charge on any atom is 0.247 e. The Morgan fingerprint density at radius 2 is 2.09 bits per heavy atom. The molecule has 0 aromatic carbocycles. The highest BCUT2D eigenvalue weighted by Crippen LogP contribution is 2.40. The molecule has 164 valence electrons. The molecule has 3 N–H and O–H groups in total. The number of aryl methyl sites for hydroxylation is 1. The average Bonchev–Trinajstić information content (AvgIpc) is 3.30. The molecular formula is C22H23FN8O. The molecule has 1 amide bonds. The van der Waals surface area contributed by atoms with Crippen LogP contribution < -0.4 is 15.5 Å². The minimum absolute atomic E-state index is 0.176. The van der Waals surface area contributed by atoms with Gasteiger partial charge in [-0.1, -0.05) is 0 Å². The summed E-state index contributed by atoms with van der Waals surface area (Å²) in [6.07, 6.45) is 7.30. The van der Waals surface area contributed by atoms with Crippen molar-refractivity contribution in [1.82, 2.24) is 25.1 Å². The van der Waals surface area contributed by atoms with Crippen LogP contribution in [0.3, 0.4) is 0 Å². The number of aromatic amines is 1. The van der Waals surface area contributed by atoms with E-state index in [0.717, 1.165) is 47.8 Å². The van der Waals surface area contributed by atoms with Crippen molar-refractivity contribution < 1.29 is 9.18 Å². The Kier molecular flexibility index (Phi) is 4.51.